The minimum absolute atomic E-state index is 0.0529. The van der Waals surface area contributed by atoms with Crippen LogP contribution in [0.1, 0.15) is 51.5 Å². The molecule has 0 radical (unpaired) electrons. The number of carbonyl (C=O) groups excluding carboxylic acids is 2. The van der Waals surface area contributed by atoms with Crippen molar-refractivity contribution < 1.29 is 14.3 Å². The van der Waals surface area contributed by atoms with Gasteiger partial charge in [-0.15, -0.1) is 0 Å². The van der Waals surface area contributed by atoms with E-state index in [-0.39, 0.29) is 17.9 Å². The summed E-state index contributed by atoms with van der Waals surface area (Å²) in [5.41, 5.74) is 2.71. The fraction of sp³-hybridized carbons (Fsp3) is 0.586. The fourth-order valence-corrected chi connectivity index (χ4v) is 6.02. The number of nitrogens with one attached hydrogen (secondary N) is 2. The van der Waals surface area contributed by atoms with Crippen molar-refractivity contribution >= 4 is 35.5 Å². The predicted octanol–water partition coefficient (Wildman–Crippen LogP) is 3.34. The van der Waals surface area contributed by atoms with Crippen molar-refractivity contribution in [1.29, 1.82) is 0 Å². The summed E-state index contributed by atoms with van der Waals surface area (Å²) in [4.78, 5) is 40.6. The molecule has 210 valence electrons. The first-order chi connectivity index (χ1) is 19.0. The number of ether oxygens (including phenoxy) is 1. The lowest BCUT2D eigenvalue weighted by Crippen LogP contribution is -2.48. The number of aromatic nitrogens is 2. The monoisotopic (exact) mass is 535 g/mol. The van der Waals surface area contributed by atoms with Gasteiger partial charge < -0.3 is 20.3 Å². The number of rotatable bonds is 10. The van der Waals surface area contributed by atoms with Gasteiger partial charge in [0.1, 0.15) is 11.6 Å². The number of benzene rings is 1. The zero-order valence-electron chi connectivity index (χ0n) is 23.4. The lowest BCUT2D eigenvalue weighted by Gasteiger charge is -2.38. The summed E-state index contributed by atoms with van der Waals surface area (Å²) in [6.07, 6.45) is 8.04. The zero-order valence-corrected chi connectivity index (χ0v) is 23.4. The van der Waals surface area contributed by atoms with E-state index in [0.29, 0.717) is 36.5 Å². The first-order valence-corrected chi connectivity index (χ1v) is 14.3. The second-order valence-corrected chi connectivity index (χ2v) is 11.1. The summed E-state index contributed by atoms with van der Waals surface area (Å²) in [5, 5.41) is 6.22. The van der Waals surface area contributed by atoms with Crippen molar-refractivity contribution in [2.75, 3.05) is 55.0 Å². The third-order valence-electron chi connectivity index (χ3n) is 8.39. The van der Waals surface area contributed by atoms with Gasteiger partial charge in [0, 0.05) is 74.2 Å². The number of carbonyl (C=O) groups is 2. The molecule has 1 aromatic carbocycles. The van der Waals surface area contributed by atoms with E-state index in [1.165, 1.54) is 0 Å². The van der Waals surface area contributed by atoms with Crippen LogP contribution in [0.5, 0.6) is 5.75 Å². The van der Waals surface area contributed by atoms with Crippen LogP contribution in [0, 0.1) is 5.92 Å². The highest BCUT2D eigenvalue weighted by atomic mass is 16.5. The first-order valence-electron chi connectivity index (χ1n) is 14.3. The molecule has 10 heteroatoms. The molecule has 1 aromatic heterocycles. The molecule has 2 aliphatic heterocycles. The highest BCUT2D eigenvalue weighted by molar-refractivity contribution is 5.82. The number of nitrogens with zero attached hydrogens (tertiary/aromatic N) is 5. The number of hydrogen-bond donors (Lipinski definition) is 2. The van der Waals surface area contributed by atoms with Crippen molar-refractivity contribution in [3.05, 3.63) is 30.0 Å². The number of hydrogen-bond acceptors (Lipinski definition) is 8. The smallest absolute Gasteiger partial charge is 0.229 e. The number of piperazine rings is 1. The van der Waals surface area contributed by atoms with E-state index in [4.69, 9.17) is 9.72 Å². The van der Waals surface area contributed by atoms with Crippen LogP contribution in [-0.4, -0.2) is 79.1 Å². The van der Waals surface area contributed by atoms with E-state index < -0.39 is 0 Å². The first kappa shape index (κ1) is 27.2. The molecule has 5 rings (SSSR count). The normalized spacial score (nSPS) is 20.4. The number of methoxy groups -OCH3 is 1. The molecular weight excluding hydrogens is 494 g/mol. The molecule has 3 heterocycles. The molecule has 2 N–H and O–H groups in total. The summed E-state index contributed by atoms with van der Waals surface area (Å²) >= 11 is 0. The highest BCUT2D eigenvalue weighted by Crippen LogP contribution is 2.34. The van der Waals surface area contributed by atoms with Crippen molar-refractivity contribution in [2.45, 2.75) is 64.5 Å². The topological polar surface area (TPSA) is 103 Å². The third-order valence-corrected chi connectivity index (χ3v) is 8.39. The maximum Gasteiger partial charge on any atom is 0.229 e. The van der Waals surface area contributed by atoms with E-state index in [2.05, 4.69) is 51.4 Å². The van der Waals surface area contributed by atoms with E-state index >= 15 is 0 Å². The Kier molecular flexibility index (Phi) is 8.50. The molecule has 0 unspecified atom stereocenters. The molecule has 3 fully saturated rings. The van der Waals surface area contributed by atoms with Crippen LogP contribution in [0.3, 0.4) is 0 Å². The van der Waals surface area contributed by atoms with Gasteiger partial charge in [-0.2, -0.15) is 4.98 Å². The van der Waals surface area contributed by atoms with Gasteiger partial charge in [0.05, 0.1) is 12.8 Å². The van der Waals surface area contributed by atoms with Crippen LogP contribution < -0.4 is 25.2 Å². The molecule has 2 aromatic rings. The summed E-state index contributed by atoms with van der Waals surface area (Å²) in [6, 6.07) is 6.82. The Balaban J connectivity index is 1.38. The molecule has 39 heavy (non-hydrogen) atoms. The maximum atomic E-state index is 12.3. The van der Waals surface area contributed by atoms with E-state index in [9.17, 15) is 9.59 Å². The molecule has 0 bridgehead atoms. The van der Waals surface area contributed by atoms with Gasteiger partial charge in [-0.1, -0.05) is 12.8 Å². The van der Waals surface area contributed by atoms with Crippen LogP contribution >= 0.6 is 0 Å². The SMILES string of the molecule is COc1cc(N2CCN(C(C)C)CC2)ccc1Nc1ncc(C[C@@H]2CCNC2=O)c(N(C=O)C2CCCC2)n1. The molecule has 1 saturated carbocycles. The molecule has 10 nitrogen and oxygen atoms in total. The third kappa shape index (κ3) is 6.11. The summed E-state index contributed by atoms with van der Waals surface area (Å²) < 4.78 is 5.75. The van der Waals surface area contributed by atoms with Crippen molar-refractivity contribution in [3.8, 4) is 5.75 Å². The quantitative estimate of drug-likeness (QED) is 0.447. The number of amides is 2. The van der Waals surface area contributed by atoms with Gasteiger partial charge in [0.15, 0.2) is 0 Å². The van der Waals surface area contributed by atoms with Gasteiger partial charge in [0.2, 0.25) is 18.3 Å². The minimum atomic E-state index is -0.127. The van der Waals surface area contributed by atoms with E-state index in [1.807, 2.05) is 6.07 Å². The molecular formula is C29H41N7O3. The molecule has 2 saturated heterocycles. The summed E-state index contributed by atoms with van der Waals surface area (Å²) in [6.45, 7) is 9.20. The minimum Gasteiger partial charge on any atom is -0.494 e. The van der Waals surface area contributed by atoms with Crippen LogP contribution in [0.2, 0.25) is 0 Å². The standard InChI is InChI=1S/C29H41N7O3/c1-20(2)34-12-14-35(15-13-34)24-8-9-25(26(17-24)39-3)32-29-31-18-22(16-21-10-11-30-28(21)38)27(33-29)36(19-37)23-6-4-5-7-23/h8-9,17-21,23H,4-7,10-16H2,1-3H3,(H,30,38)(H,31,32,33)/t21-/m0/s1. The largest absolute Gasteiger partial charge is 0.494 e. The van der Waals surface area contributed by atoms with E-state index in [1.54, 1.807) is 18.2 Å². The van der Waals surface area contributed by atoms with Crippen molar-refractivity contribution in [1.82, 2.24) is 20.2 Å². The van der Waals surface area contributed by atoms with Crippen LogP contribution in [-0.2, 0) is 16.0 Å². The number of anilines is 4. The molecule has 1 atom stereocenters. The van der Waals surface area contributed by atoms with E-state index in [0.717, 1.165) is 81.6 Å². The molecule has 3 aliphatic rings. The Bertz CT molecular complexity index is 1160. The van der Waals surface area contributed by atoms with Gasteiger partial charge in [0.25, 0.3) is 0 Å². The lowest BCUT2D eigenvalue weighted by molar-refractivity contribution is -0.122. The second kappa shape index (κ2) is 12.2. The summed E-state index contributed by atoms with van der Waals surface area (Å²) in [5.74, 6) is 1.62. The Hall–Kier alpha value is -3.40. The van der Waals surface area contributed by atoms with Gasteiger partial charge in [-0.25, -0.2) is 4.98 Å². The zero-order chi connectivity index (χ0) is 27.4. The maximum absolute atomic E-state index is 12.3. The van der Waals surface area contributed by atoms with Crippen molar-refractivity contribution in [2.24, 2.45) is 5.92 Å². The lowest BCUT2D eigenvalue weighted by atomic mass is 9.99. The average molecular weight is 536 g/mol. The average Bonchev–Trinajstić information content (AvgIpc) is 3.63. The molecule has 0 spiro atoms. The molecule has 1 aliphatic carbocycles. The van der Waals surface area contributed by atoms with Gasteiger partial charge in [-0.05, 0) is 51.7 Å². The van der Waals surface area contributed by atoms with Gasteiger partial charge >= 0.3 is 0 Å². The highest BCUT2D eigenvalue weighted by Gasteiger charge is 2.30. The van der Waals surface area contributed by atoms with Crippen molar-refractivity contribution in [3.63, 3.8) is 0 Å². The Morgan fingerprint density at radius 1 is 1.18 bits per heavy atom. The predicted molar refractivity (Wildman–Crippen MR) is 153 cm³/mol. The second-order valence-electron chi connectivity index (χ2n) is 11.1. The van der Waals surface area contributed by atoms with Crippen LogP contribution in [0.4, 0.5) is 23.1 Å². The Labute approximate surface area is 231 Å². The van der Waals surface area contributed by atoms with Crippen LogP contribution in [0.15, 0.2) is 24.4 Å². The van der Waals surface area contributed by atoms with Crippen LogP contribution in [0.25, 0.3) is 0 Å². The Morgan fingerprint density at radius 2 is 1.95 bits per heavy atom. The van der Waals surface area contributed by atoms with Gasteiger partial charge in [-0.3, -0.25) is 19.4 Å². The summed E-state index contributed by atoms with van der Waals surface area (Å²) in [7, 11) is 1.66. The Morgan fingerprint density at radius 3 is 2.59 bits per heavy atom. The fourth-order valence-electron chi connectivity index (χ4n) is 6.02. The molecule has 2 amide bonds.